The smallest absolute Gasteiger partial charge is 0.225 e. The highest BCUT2D eigenvalue weighted by atomic mass is 16.3. The fraction of sp³-hybridized carbons (Fsp3) is 0.724. The van der Waals surface area contributed by atoms with E-state index in [-0.39, 0.29) is 52.4 Å². The van der Waals surface area contributed by atoms with Crippen molar-refractivity contribution in [2.75, 3.05) is 7.05 Å². The van der Waals surface area contributed by atoms with Gasteiger partial charge in [0.05, 0.1) is 6.10 Å². The quantitative estimate of drug-likeness (QED) is 0.613. The van der Waals surface area contributed by atoms with Gasteiger partial charge < -0.3 is 15.3 Å². The van der Waals surface area contributed by atoms with Gasteiger partial charge in [-0.25, -0.2) is 0 Å². The molecule has 190 valence electrons. The highest BCUT2D eigenvalue weighted by Gasteiger charge is 2.54. The molecule has 7 atom stereocenters. The topological polar surface area (TPSA) is 69.6 Å². The van der Waals surface area contributed by atoms with Gasteiger partial charge in [-0.05, 0) is 59.8 Å². The summed E-state index contributed by atoms with van der Waals surface area (Å²) >= 11 is 0. The molecule has 2 fully saturated rings. The van der Waals surface area contributed by atoms with E-state index in [1.807, 2.05) is 44.3 Å². The first-order chi connectivity index (χ1) is 15.8. The Morgan fingerprint density at radius 1 is 1.18 bits per heavy atom. The summed E-state index contributed by atoms with van der Waals surface area (Å²) in [4.78, 5) is 27.8. The fourth-order valence-electron chi connectivity index (χ4n) is 6.70. The number of hydrogen-bond donors (Lipinski definition) is 2. The molecule has 7 unspecified atom stereocenters. The van der Waals surface area contributed by atoms with Crippen molar-refractivity contribution in [2.45, 2.75) is 92.3 Å². The van der Waals surface area contributed by atoms with Gasteiger partial charge in [0.1, 0.15) is 0 Å². The largest absolute Gasteiger partial charge is 0.392 e. The maximum Gasteiger partial charge on any atom is 0.225 e. The minimum atomic E-state index is -0.542. The van der Waals surface area contributed by atoms with Crippen LogP contribution in [-0.2, 0) is 16.1 Å². The van der Waals surface area contributed by atoms with Gasteiger partial charge in [-0.3, -0.25) is 9.59 Å². The Balaban J connectivity index is 1.69. The van der Waals surface area contributed by atoms with Crippen molar-refractivity contribution in [3.05, 3.63) is 35.9 Å². The summed E-state index contributed by atoms with van der Waals surface area (Å²) in [5, 5.41) is 14.9. The van der Waals surface area contributed by atoms with Crippen molar-refractivity contribution in [3.63, 3.8) is 0 Å². The summed E-state index contributed by atoms with van der Waals surface area (Å²) < 4.78 is 0. The van der Waals surface area contributed by atoms with Gasteiger partial charge in [-0.1, -0.05) is 71.9 Å². The standard InChI is InChI=1S/C29H46N2O3/c1-19(27(34)31(7)18-21-11-9-8-10-12-21)22-13-15-29(6)16-14-23(20(2)25(29)26(22)33)30-24(32)17-28(3,4)5/h8-12,19-20,22-23,25-26,33H,13-18H2,1-7H3,(H,30,32). The minimum Gasteiger partial charge on any atom is -0.392 e. The van der Waals surface area contributed by atoms with Gasteiger partial charge in [0.25, 0.3) is 0 Å². The van der Waals surface area contributed by atoms with Crippen molar-refractivity contribution < 1.29 is 14.7 Å². The van der Waals surface area contributed by atoms with Crippen LogP contribution < -0.4 is 5.32 Å². The van der Waals surface area contributed by atoms with E-state index < -0.39 is 6.10 Å². The summed E-state index contributed by atoms with van der Waals surface area (Å²) in [5.41, 5.74) is 1.12. The lowest BCUT2D eigenvalue weighted by Crippen LogP contribution is -2.58. The van der Waals surface area contributed by atoms with Crippen LogP contribution in [0.4, 0.5) is 0 Å². The summed E-state index contributed by atoms with van der Waals surface area (Å²) in [6.07, 6.45) is 3.81. The monoisotopic (exact) mass is 470 g/mol. The molecular formula is C29H46N2O3. The molecule has 2 saturated carbocycles. The first kappa shape index (κ1) is 26.7. The maximum absolute atomic E-state index is 13.3. The Morgan fingerprint density at radius 3 is 2.41 bits per heavy atom. The zero-order valence-corrected chi connectivity index (χ0v) is 22.3. The van der Waals surface area contributed by atoms with E-state index in [2.05, 4.69) is 39.9 Å². The van der Waals surface area contributed by atoms with Gasteiger partial charge in [0.15, 0.2) is 0 Å². The highest BCUT2D eigenvalue weighted by molar-refractivity contribution is 5.78. The number of carbonyl (C=O) groups is 2. The summed E-state index contributed by atoms with van der Waals surface area (Å²) in [7, 11) is 1.86. The Kier molecular flexibility index (Phi) is 8.17. The number of nitrogens with zero attached hydrogens (tertiary/aromatic N) is 1. The SMILES string of the molecule is CC(C(=O)N(C)Cc1ccccc1)C1CCC2(C)CCC(NC(=O)CC(C)(C)C)C(C)C2C1O. The molecule has 1 aromatic carbocycles. The number of aliphatic hydroxyl groups is 1. The van der Waals surface area contributed by atoms with E-state index in [0.717, 1.165) is 31.2 Å². The van der Waals surface area contributed by atoms with Gasteiger partial charge in [0, 0.05) is 32.0 Å². The van der Waals surface area contributed by atoms with E-state index in [0.29, 0.717) is 13.0 Å². The number of benzene rings is 1. The van der Waals surface area contributed by atoms with Crippen LogP contribution in [0, 0.1) is 34.5 Å². The fourth-order valence-corrected chi connectivity index (χ4v) is 6.70. The maximum atomic E-state index is 13.3. The van der Waals surface area contributed by atoms with Crippen LogP contribution >= 0.6 is 0 Å². The van der Waals surface area contributed by atoms with E-state index >= 15 is 0 Å². The molecule has 3 rings (SSSR count). The lowest BCUT2D eigenvalue weighted by molar-refractivity contribution is -0.150. The average molecular weight is 471 g/mol. The van der Waals surface area contributed by atoms with Crippen molar-refractivity contribution in [2.24, 2.45) is 34.5 Å². The van der Waals surface area contributed by atoms with E-state index in [1.54, 1.807) is 4.90 Å². The van der Waals surface area contributed by atoms with Gasteiger partial charge in [0.2, 0.25) is 11.8 Å². The molecule has 0 saturated heterocycles. The third-order valence-corrected chi connectivity index (χ3v) is 8.60. The average Bonchev–Trinajstić information content (AvgIpc) is 2.74. The molecule has 0 radical (unpaired) electrons. The molecule has 2 aliphatic carbocycles. The van der Waals surface area contributed by atoms with E-state index in [1.165, 1.54) is 0 Å². The molecule has 2 amide bonds. The number of amides is 2. The number of fused-ring (bicyclic) bond motifs is 1. The number of carbonyl (C=O) groups excluding carboxylic acids is 2. The molecule has 0 aliphatic heterocycles. The summed E-state index contributed by atoms with van der Waals surface area (Å²) in [6.45, 7) is 13.3. The number of nitrogens with one attached hydrogen (secondary N) is 1. The molecule has 1 aromatic rings. The van der Waals surface area contributed by atoms with E-state index in [4.69, 9.17) is 0 Å². The van der Waals surface area contributed by atoms with Crippen LogP contribution in [0.1, 0.15) is 79.2 Å². The second-order valence-corrected chi connectivity index (χ2v) is 12.7. The first-order valence-electron chi connectivity index (χ1n) is 13.1. The van der Waals surface area contributed by atoms with Crippen molar-refractivity contribution in [1.82, 2.24) is 10.2 Å². The van der Waals surface area contributed by atoms with Crippen LogP contribution in [0.25, 0.3) is 0 Å². The lowest BCUT2D eigenvalue weighted by Gasteiger charge is -2.56. The zero-order chi connectivity index (χ0) is 25.3. The predicted molar refractivity (Wildman–Crippen MR) is 137 cm³/mol. The van der Waals surface area contributed by atoms with Gasteiger partial charge in [-0.15, -0.1) is 0 Å². The Morgan fingerprint density at radius 2 is 1.79 bits per heavy atom. The molecular weight excluding hydrogens is 424 g/mol. The molecule has 0 bridgehead atoms. The molecule has 0 aromatic heterocycles. The Bertz CT molecular complexity index is 849. The molecule has 2 N–H and O–H groups in total. The van der Waals surface area contributed by atoms with Gasteiger partial charge >= 0.3 is 0 Å². The molecule has 5 nitrogen and oxygen atoms in total. The van der Waals surface area contributed by atoms with Gasteiger partial charge in [-0.2, -0.15) is 0 Å². The van der Waals surface area contributed by atoms with Crippen molar-refractivity contribution in [3.8, 4) is 0 Å². The Hall–Kier alpha value is -1.88. The number of rotatable bonds is 6. The predicted octanol–water partition coefficient (Wildman–Crippen LogP) is 5.03. The molecule has 0 heterocycles. The third-order valence-electron chi connectivity index (χ3n) is 8.60. The normalized spacial score (nSPS) is 32.4. The zero-order valence-electron chi connectivity index (χ0n) is 22.3. The van der Waals surface area contributed by atoms with Crippen LogP contribution in [0.15, 0.2) is 30.3 Å². The van der Waals surface area contributed by atoms with Crippen molar-refractivity contribution in [1.29, 1.82) is 0 Å². The van der Waals surface area contributed by atoms with Crippen LogP contribution in [0.5, 0.6) is 0 Å². The minimum absolute atomic E-state index is 0.0481. The van der Waals surface area contributed by atoms with Crippen molar-refractivity contribution >= 4 is 11.8 Å². The summed E-state index contributed by atoms with van der Waals surface area (Å²) in [6, 6.07) is 10.1. The second-order valence-electron chi connectivity index (χ2n) is 12.7. The van der Waals surface area contributed by atoms with E-state index in [9.17, 15) is 14.7 Å². The molecule has 2 aliphatic rings. The lowest BCUT2D eigenvalue weighted by atomic mass is 9.51. The number of hydrogen-bond acceptors (Lipinski definition) is 3. The second kappa shape index (κ2) is 10.4. The van der Waals surface area contributed by atoms with Crippen LogP contribution in [-0.4, -0.2) is 41.0 Å². The molecule has 0 spiro atoms. The van der Waals surface area contributed by atoms with Crippen LogP contribution in [0.3, 0.4) is 0 Å². The number of aliphatic hydroxyl groups excluding tert-OH is 1. The first-order valence-corrected chi connectivity index (χ1v) is 13.1. The third kappa shape index (κ3) is 6.02. The molecule has 34 heavy (non-hydrogen) atoms. The van der Waals surface area contributed by atoms with Crippen LogP contribution in [0.2, 0.25) is 0 Å². The highest BCUT2D eigenvalue weighted by Crippen LogP contribution is 2.55. The molecule has 5 heteroatoms. The Labute approximate surface area is 206 Å². The summed E-state index contributed by atoms with van der Waals surface area (Å²) in [5.74, 6) is 0.141.